The van der Waals surface area contributed by atoms with Crippen LogP contribution in [-0.4, -0.2) is 60.1 Å². The van der Waals surface area contributed by atoms with E-state index in [0.29, 0.717) is 17.6 Å². The molecular formula is C26H39NO6. The van der Waals surface area contributed by atoms with Crippen LogP contribution in [0, 0.1) is 17.8 Å². The maximum absolute atomic E-state index is 12.1. The van der Waals surface area contributed by atoms with Gasteiger partial charge in [0.2, 0.25) is 0 Å². The lowest BCUT2D eigenvalue weighted by Gasteiger charge is -2.33. The molecule has 0 heterocycles. The van der Waals surface area contributed by atoms with Crippen LogP contribution in [0.1, 0.15) is 63.0 Å². The van der Waals surface area contributed by atoms with Crippen molar-refractivity contribution in [2.75, 3.05) is 20.7 Å². The monoisotopic (exact) mass is 461 g/mol. The first-order chi connectivity index (χ1) is 15.8. The third-order valence-electron chi connectivity index (χ3n) is 7.28. The minimum absolute atomic E-state index is 0.121. The van der Waals surface area contributed by atoms with Crippen LogP contribution < -0.4 is 4.74 Å². The Morgan fingerprint density at radius 1 is 1.18 bits per heavy atom. The molecule has 33 heavy (non-hydrogen) atoms. The minimum Gasteiger partial charge on any atom is -0.482 e. The highest BCUT2D eigenvalue weighted by atomic mass is 16.6. The van der Waals surface area contributed by atoms with Gasteiger partial charge < -0.3 is 24.6 Å². The van der Waals surface area contributed by atoms with Crippen LogP contribution in [0.15, 0.2) is 18.2 Å². The molecule has 0 aromatic heterocycles. The fraction of sp³-hybridized carbons (Fsp3) is 0.692. The van der Waals surface area contributed by atoms with E-state index in [1.54, 1.807) is 14.1 Å². The average Bonchev–Trinajstić information content (AvgIpc) is 3.08. The van der Waals surface area contributed by atoms with Gasteiger partial charge in [0.1, 0.15) is 11.9 Å². The number of aliphatic carboxylic acids is 1. The number of carbonyl (C=O) groups excluding carboxylic acids is 1. The van der Waals surface area contributed by atoms with Crippen LogP contribution in [0.4, 0.5) is 4.79 Å². The lowest BCUT2D eigenvalue weighted by molar-refractivity contribution is -0.139. The summed E-state index contributed by atoms with van der Waals surface area (Å²) in [7, 11) is 3.40. The van der Waals surface area contributed by atoms with Crippen molar-refractivity contribution in [3.8, 4) is 5.75 Å². The Bertz CT molecular complexity index is 810. The van der Waals surface area contributed by atoms with Crippen molar-refractivity contribution in [2.45, 2.75) is 76.9 Å². The van der Waals surface area contributed by atoms with E-state index in [-0.39, 0.29) is 30.8 Å². The first kappa shape index (κ1) is 25.3. The van der Waals surface area contributed by atoms with Gasteiger partial charge in [0, 0.05) is 14.1 Å². The highest BCUT2D eigenvalue weighted by Gasteiger charge is 2.45. The van der Waals surface area contributed by atoms with Crippen LogP contribution in [0.3, 0.4) is 0 Å². The number of carbonyl (C=O) groups is 2. The van der Waals surface area contributed by atoms with E-state index in [0.717, 1.165) is 63.4 Å². The smallest absolute Gasteiger partial charge is 0.409 e. The predicted molar refractivity (Wildman–Crippen MR) is 125 cm³/mol. The molecule has 0 aliphatic heterocycles. The molecule has 0 saturated heterocycles. The molecule has 184 valence electrons. The van der Waals surface area contributed by atoms with Crippen LogP contribution in [0.25, 0.3) is 0 Å². The number of hydrogen-bond donors (Lipinski definition) is 2. The predicted octanol–water partition coefficient (Wildman–Crippen LogP) is 4.29. The van der Waals surface area contributed by atoms with Gasteiger partial charge in [-0.05, 0) is 79.9 Å². The Labute approximate surface area is 197 Å². The Morgan fingerprint density at radius 2 is 1.97 bits per heavy atom. The van der Waals surface area contributed by atoms with E-state index in [1.807, 2.05) is 12.1 Å². The molecule has 2 N–H and O–H groups in total. The molecule has 0 spiro atoms. The maximum Gasteiger partial charge on any atom is 0.409 e. The number of ether oxygens (including phenoxy) is 2. The number of hydrogen-bond acceptors (Lipinski definition) is 5. The molecule has 3 rings (SSSR count). The molecule has 2 aliphatic rings. The van der Waals surface area contributed by atoms with Crippen LogP contribution >= 0.6 is 0 Å². The zero-order valence-corrected chi connectivity index (χ0v) is 20.2. The second-order valence-electron chi connectivity index (χ2n) is 9.85. The molecule has 0 radical (unpaired) electrons. The zero-order chi connectivity index (χ0) is 24.0. The first-order valence-electron chi connectivity index (χ1n) is 12.3. The van der Waals surface area contributed by atoms with Gasteiger partial charge in [0.25, 0.3) is 0 Å². The number of carboxylic acid groups (broad SMARTS) is 1. The van der Waals surface area contributed by atoms with Gasteiger partial charge in [-0.25, -0.2) is 9.59 Å². The molecule has 1 aromatic carbocycles. The van der Waals surface area contributed by atoms with E-state index >= 15 is 0 Å². The summed E-state index contributed by atoms with van der Waals surface area (Å²) in [6, 6.07) is 5.85. The van der Waals surface area contributed by atoms with E-state index in [2.05, 4.69) is 13.0 Å². The van der Waals surface area contributed by atoms with E-state index < -0.39 is 5.97 Å². The van der Waals surface area contributed by atoms with Crippen molar-refractivity contribution in [2.24, 2.45) is 17.8 Å². The highest BCUT2D eigenvalue weighted by molar-refractivity contribution is 5.68. The maximum atomic E-state index is 12.1. The molecule has 1 aromatic rings. The Hall–Kier alpha value is -2.28. The van der Waals surface area contributed by atoms with Crippen molar-refractivity contribution < 1.29 is 29.3 Å². The van der Waals surface area contributed by atoms with Gasteiger partial charge in [0.05, 0.1) is 6.10 Å². The third kappa shape index (κ3) is 6.62. The average molecular weight is 462 g/mol. The number of rotatable bonds is 11. The van der Waals surface area contributed by atoms with Crippen molar-refractivity contribution >= 4 is 12.1 Å². The molecule has 2 aliphatic carbocycles. The van der Waals surface area contributed by atoms with Gasteiger partial charge in [-0.3, -0.25) is 0 Å². The molecule has 5 atom stereocenters. The number of aliphatic hydroxyl groups is 1. The molecule has 1 fully saturated rings. The number of fused-ring (bicyclic) bond motifs is 2. The van der Waals surface area contributed by atoms with Gasteiger partial charge in [-0.15, -0.1) is 0 Å². The Balaban J connectivity index is 1.66. The second-order valence-corrected chi connectivity index (χ2v) is 9.85. The number of amides is 1. The SMILES string of the molecule is CCCCCC(CC[C@@H]1C2Cc3cccc(OCC(=O)O)c3CC2C[C@H]1O)OC(=O)N(C)C. The molecule has 1 saturated carbocycles. The molecular weight excluding hydrogens is 422 g/mol. The minimum atomic E-state index is -0.985. The van der Waals surface area contributed by atoms with Crippen LogP contribution in [-0.2, 0) is 22.4 Å². The van der Waals surface area contributed by atoms with Crippen molar-refractivity contribution in [3.63, 3.8) is 0 Å². The summed E-state index contributed by atoms with van der Waals surface area (Å²) in [6.07, 6.45) is 7.37. The number of nitrogens with zero attached hydrogens (tertiary/aromatic N) is 1. The quantitative estimate of drug-likeness (QED) is 0.477. The molecule has 7 nitrogen and oxygen atoms in total. The lowest BCUT2D eigenvalue weighted by Crippen LogP contribution is -2.31. The summed E-state index contributed by atoms with van der Waals surface area (Å²) in [6.45, 7) is 1.82. The first-order valence-corrected chi connectivity index (χ1v) is 12.3. The van der Waals surface area contributed by atoms with Crippen LogP contribution in [0.2, 0.25) is 0 Å². The van der Waals surface area contributed by atoms with E-state index in [1.165, 1.54) is 10.5 Å². The standard InChI is InChI=1S/C26H39NO6/c1-4-5-6-9-19(33-26(31)27(2)3)11-12-20-21-13-17-8-7-10-24(32-16-25(29)30)22(17)14-18(21)15-23(20)28/h7-8,10,18-21,23,28H,4-6,9,11-16H2,1-3H3,(H,29,30)/t18?,19?,20-,21?,23-/m1/s1. The topological polar surface area (TPSA) is 96.3 Å². The number of benzene rings is 1. The van der Waals surface area contributed by atoms with Crippen molar-refractivity contribution in [1.82, 2.24) is 4.90 Å². The van der Waals surface area contributed by atoms with Crippen molar-refractivity contribution in [3.05, 3.63) is 29.3 Å². The highest BCUT2D eigenvalue weighted by Crippen LogP contribution is 2.48. The Morgan fingerprint density at radius 3 is 2.67 bits per heavy atom. The number of carboxylic acids is 1. The second kappa shape index (κ2) is 11.7. The van der Waals surface area contributed by atoms with E-state index in [4.69, 9.17) is 14.6 Å². The van der Waals surface area contributed by atoms with Crippen LogP contribution in [0.5, 0.6) is 5.75 Å². The third-order valence-corrected chi connectivity index (χ3v) is 7.28. The number of unbranched alkanes of at least 4 members (excludes halogenated alkanes) is 2. The van der Waals surface area contributed by atoms with E-state index in [9.17, 15) is 14.7 Å². The summed E-state index contributed by atoms with van der Waals surface area (Å²) in [5.41, 5.74) is 2.28. The summed E-state index contributed by atoms with van der Waals surface area (Å²) in [5.74, 6) is 0.579. The van der Waals surface area contributed by atoms with Gasteiger partial charge >= 0.3 is 12.1 Å². The van der Waals surface area contributed by atoms with Gasteiger partial charge in [0.15, 0.2) is 6.61 Å². The molecule has 7 heteroatoms. The molecule has 3 unspecified atom stereocenters. The number of aliphatic hydroxyl groups excluding tert-OH is 1. The zero-order valence-electron chi connectivity index (χ0n) is 20.2. The lowest BCUT2D eigenvalue weighted by atomic mass is 9.73. The summed E-state index contributed by atoms with van der Waals surface area (Å²) < 4.78 is 11.3. The molecule has 0 bridgehead atoms. The fourth-order valence-corrected chi connectivity index (χ4v) is 5.59. The molecule has 1 amide bonds. The summed E-state index contributed by atoms with van der Waals surface area (Å²) >= 11 is 0. The van der Waals surface area contributed by atoms with Crippen molar-refractivity contribution in [1.29, 1.82) is 0 Å². The summed E-state index contributed by atoms with van der Waals surface area (Å²) in [5, 5.41) is 19.9. The normalized spacial score (nSPS) is 24.5. The largest absolute Gasteiger partial charge is 0.482 e. The Kier molecular flexibility index (Phi) is 9.01. The van der Waals surface area contributed by atoms with Gasteiger partial charge in [-0.2, -0.15) is 0 Å². The summed E-state index contributed by atoms with van der Waals surface area (Å²) in [4.78, 5) is 24.5. The van der Waals surface area contributed by atoms with Gasteiger partial charge in [-0.1, -0.05) is 31.9 Å². The fourth-order valence-electron chi connectivity index (χ4n) is 5.59.